The van der Waals surface area contributed by atoms with E-state index >= 15 is 0 Å². The van der Waals surface area contributed by atoms with E-state index in [0.717, 1.165) is 29.8 Å². The molecule has 2 N–H and O–H groups in total. The van der Waals surface area contributed by atoms with Gasteiger partial charge >= 0.3 is 0 Å². The van der Waals surface area contributed by atoms with E-state index in [9.17, 15) is 17.6 Å². The minimum absolute atomic E-state index is 0.130. The van der Waals surface area contributed by atoms with Crippen LogP contribution >= 0.6 is 11.6 Å². The van der Waals surface area contributed by atoms with Gasteiger partial charge < -0.3 is 10.1 Å². The highest BCUT2D eigenvalue weighted by Crippen LogP contribution is 2.31. The minimum Gasteiger partial charge on any atom is -0.495 e. The van der Waals surface area contributed by atoms with Crippen LogP contribution in [0.4, 0.5) is 10.1 Å². The van der Waals surface area contributed by atoms with E-state index in [1.165, 1.54) is 7.11 Å². The molecule has 9 heteroatoms. The normalized spacial score (nSPS) is 12.5. The quantitative estimate of drug-likeness (QED) is 0.726. The molecular formula is C18H20ClFN2O4S. The van der Waals surface area contributed by atoms with Gasteiger partial charge in [0.15, 0.2) is 0 Å². The molecule has 0 bridgehead atoms. The van der Waals surface area contributed by atoms with E-state index in [1.54, 1.807) is 26.0 Å². The summed E-state index contributed by atoms with van der Waals surface area (Å²) in [5.41, 5.74) is 1.11. The summed E-state index contributed by atoms with van der Waals surface area (Å²) in [5, 5.41) is 3.13. The van der Waals surface area contributed by atoms with E-state index in [1.807, 2.05) is 0 Å². The SMILES string of the molecule is CCC(NS(=O)(=O)c1ccc(F)cc1)C(=O)Nc1cc(C)c(Cl)cc1OC. The summed E-state index contributed by atoms with van der Waals surface area (Å²) >= 11 is 6.05. The molecule has 0 heterocycles. The fourth-order valence-corrected chi connectivity index (χ4v) is 3.77. The van der Waals surface area contributed by atoms with Gasteiger partial charge in [0.2, 0.25) is 15.9 Å². The molecule has 2 aromatic carbocycles. The number of carbonyl (C=O) groups excluding carboxylic acids is 1. The predicted molar refractivity (Wildman–Crippen MR) is 102 cm³/mol. The van der Waals surface area contributed by atoms with Crippen molar-refractivity contribution in [3.8, 4) is 5.75 Å². The summed E-state index contributed by atoms with van der Waals surface area (Å²) in [7, 11) is -2.55. The number of halogens is 2. The first-order valence-corrected chi connectivity index (χ1v) is 9.97. The van der Waals surface area contributed by atoms with Crippen LogP contribution in [0, 0.1) is 12.7 Å². The molecule has 27 heavy (non-hydrogen) atoms. The Morgan fingerprint density at radius 2 is 1.89 bits per heavy atom. The van der Waals surface area contributed by atoms with Crippen molar-refractivity contribution in [2.75, 3.05) is 12.4 Å². The number of benzene rings is 2. The average molecular weight is 415 g/mol. The first-order chi connectivity index (χ1) is 12.7. The third-order valence-corrected chi connectivity index (χ3v) is 5.78. The van der Waals surface area contributed by atoms with Crippen molar-refractivity contribution < 1.29 is 22.3 Å². The smallest absolute Gasteiger partial charge is 0.242 e. The second kappa shape index (κ2) is 8.69. The van der Waals surface area contributed by atoms with Crippen molar-refractivity contribution in [3.63, 3.8) is 0 Å². The molecule has 1 unspecified atom stereocenters. The average Bonchev–Trinajstić information content (AvgIpc) is 2.62. The van der Waals surface area contributed by atoms with Crippen LogP contribution in [-0.4, -0.2) is 27.5 Å². The van der Waals surface area contributed by atoms with Gasteiger partial charge in [-0.2, -0.15) is 4.72 Å². The van der Waals surface area contributed by atoms with Gasteiger partial charge in [-0.05, 0) is 49.2 Å². The number of hydrogen-bond donors (Lipinski definition) is 2. The minimum atomic E-state index is -3.99. The lowest BCUT2D eigenvalue weighted by Crippen LogP contribution is -2.43. The lowest BCUT2D eigenvalue weighted by atomic mass is 10.1. The number of carbonyl (C=O) groups is 1. The van der Waals surface area contributed by atoms with Gasteiger partial charge in [0.25, 0.3) is 0 Å². The van der Waals surface area contributed by atoms with Crippen LogP contribution in [-0.2, 0) is 14.8 Å². The van der Waals surface area contributed by atoms with Gasteiger partial charge in [0.05, 0.1) is 17.7 Å². The van der Waals surface area contributed by atoms with Crippen molar-refractivity contribution in [1.82, 2.24) is 4.72 Å². The number of methoxy groups -OCH3 is 1. The number of nitrogens with one attached hydrogen (secondary N) is 2. The van der Waals surface area contributed by atoms with E-state index in [2.05, 4.69) is 10.0 Å². The van der Waals surface area contributed by atoms with Crippen molar-refractivity contribution in [2.24, 2.45) is 0 Å². The van der Waals surface area contributed by atoms with Gasteiger partial charge in [-0.15, -0.1) is 0 Å². The molecule has 2 aromatic rings. The first-order valence-electron chi connectivity index (χ1n) is 8.10. The topological polar surface area (TPSA) is 84.5 Å². The zero-order valence-corrected chi connectivity index (χ0v) is 16.6. The molecule has 0 saturated heterocycles. The zero-order valence-electron chi connectivity index (χ0n) is 15.0. The second-order valence-electron chi connectivity index (χ2n) is 5.83. The molecule has 0 aliphatic rings. The molecular weight excluding hydrogens is 395 g/mol. The maximum atomic E-state index is 13.0. The Kier molecular flexibility index (Phi) is 6.80. The van der Waals surface area contributed by atoms with Crippen molar-refractivity contribution in [2.45, 2.75) is 31.2 Å². The Morgan fingerprint density at radius 3 is 2.44 bits per heavy atom. The molecule has 0 spiro atoms. The van der Waals surface area contributed by atoms with Gasteiger partial charge in [-0.25, -0.2) is 12.8 Å². The zero-order chi connectivity index (χ0) is 20.2. The predicted octanol–water partition coefficient (Wildman–Crippen LogP) is 3.49. The standard InChI is InChI=1S/C18H20ClFN2O4S/c1-4-15(22-27(24,25)13-7-5-12(20)6-8-13)18(23)21-16-9-11(2)14(19)10-17(16)26-3/h5-10,15,22H,4H2,1-3H3,(H,21,23). The monoisotopic (exact) mass is 414 g/mol. The maximum Gasteiger partial charge on any atom is 0.242 e. The summed E-state index contributed by atoms with van der Waals surface area (Å²) in [6.45, 7) is 3.44. The van der Waals surface area contributed by atoms with Crippen LogP contribution in [0.1, 0.15) is 18.9 Å². The number of anilines is 1. The van der Waals surface area contributed by atoms with Crippen LogP contribution in [0.25, 0.3) is 0 Å². The van der Waals surface area contributed by atoms with E-state index in [0.29, 0.717) is 16.5 Å². The Morgan fingerprint density at radius 1 is 1.26 bits per heavy atom. The Hall–Kier alpha value is -2.16. The van der Waals surface area contributed by atoms with E-state index < -0.39 is 27.8 Å². The van der Waals surface area contributed by atoms with Crippen LogP contribution in [0.15, 0.2) is 41.3 Å². The summed E-state index contributed by atoms with van der Waals surface area (Å²) in [6.07, 6.45) is 0.209. The highest BCUT2D eigenvalue weighted by atomic mass is 35.5. The number of rotatable bonds is 7. The molecule has 0 aliphatic heterocycles. The third kappa shape index (κ3) is 5.18. The molecule has 1 amide bonds. The number of hydrogen-bond acceptors (Lipinski definition) is 4. The van der Waals surface area contributed by atoms with E-state index in [4.69, 9.17) is 16.3 Å². The van der Waals surface area contributed by atoms with Crippen LogP contribution in [0.3, 0.4) is 0 Å². The van der Waals surface area contributed by atoms with Crippen molar-refractivity contribution in [3.05, 3.63) is 52.8 Å². The lowest BCUT2D eigenvalue weighted by molar-refractivity contribution is -0.117. The molecule has 0 aliphatic carbocycles. The fourth-order valence-electron chi connectivity index (χ4n) is 2.34. The number of ether oxygens (including phenoxy) is 1. The summed E-state index contributed by atoms with van der Waals surface area (Å²) in [6, 6.07) is 6.52. The Labute approximate surface area is 162 Å². The van der Waals surface area contributed by atoms with Gasteiger partial charge in [-0.1, -0.05) is 18.5 Å². The highest BCUT2D eigenvalue weighted by Gasteiger charge is 2.25. The molecule has 0 radical (unpaired) electrons. The number of amides is 1. The fraction of sp³-hybridized carbons (Fsp3) is 0.278. The molecule has 1 atom stereocenters. The van der Waals surface area contributed by atoms with Crippen LogP contribution in [0.5, 0.6) is 5.75 Å². The summed E-state index contributed by atoms with van der Waals surface area (Å²) < 4.78 is 45.4. The van der Waals surface area contributed by atoms with Gasteiger partial charge in [0, 0.05) is 11.1 Å². The lowest BCUT2D eigenvalue weighted by Gasteiger charge is -2.18. The van der Waals surface area contributed by atoms with Gasteiger partial charge in [-0.3, -0.25) is 4.79 Å². The highest BCUT2D eigenvalue weighted by molar-refractivity contribution is 7.89. The molecule has 146 valence electrons. The molecule has 0 saturated carbocycles. The van der Waals surface area contributed by atoms with E-state index in [-0.39, 0.29) is 11.3 Å². The molecule has 0 fully saturated rings. The molecule has 0 aromatic heterocycles. The van der Waals surface area contributed by atoms with Crippen LogP contribution in [0.2, 0.25) is 5.02 Å². The maximum absolute atomic E-state index is 13.0. The largest absolute Gasteiger partial charge is 0.495 e. The van der Waals surface area contributed by atoms with Crippen molar-refractivity contribution >= 4 is 33.2 Å². The van der Waals surface area contributed by atoms with Crippen LogP contribution < -0.4 is 14.8 Å². The van der Waals surface area contributed by atoms with Gasteiger partial charge in [0.1, 0.15) is 17.6 Å². The number of aryl methyl sites for hydroxylation is 1. The second-order valence-corrected chi connectivity index (χ2v) is 7.95. The Bertz CT molecular complexity index is 933. The summed E-state index contributed by atoms with van der Waals surface area (Å²) in [4.78, 5) is 12.5. The first kappa shape index (κ1) is 21.1. The molecule has 6 nitrogen and oxygen atoms in total. The summed E-state index contributed by atoms with van der Waals surface area (Å²) in [5.74, 6) is -0.748. The number of sulfonamides is 1. The molecule has 2 rings (SSSR count). The van der Waals surface area contributed by atoms with Crippen molar-refractivity contribution in [1.29, 1.82) is 0 Å². The Balaban J connectivity index is 2.21. The third-order valence-electron chi connectivity index (χ3n) is 3.88.